The van der Waals surface area contributed by atoms with Crippen molar-refractivity contribution in [2.45, 2.75) is 19.8 Å². The lowest BCUT2D eigenvalue weighted by Crippen LogP contribution is -2.38. The second-order valence-corrected chi connectivity index (χ2v) is 8.73. The van der Waals surface area contributed by atoms with Gasteiger partial charge in [-0.15, -0.1) is 11.3 Å². The third-order valence-electron chi connectivity index (χ3n) is 5.61. The summed E-state index contributed by atoms with van der Waals surface area (Å²) in [6, 6.07) is 12.7. The SMILES string of the molecule is CC1CCN(C(=O)c2oc3ccccc3c2NC(=O)c2cc(-c3cccs3)on2)CC1. The third-order valence-corrected chi connectivity index (χ3v) is 6.49. The summed E-state index contributed by atoms with van der Waals surface area (Å²) in [4.78, 5) is 28.8. The predicted molar refractivity (Wildman–Crippen MR) is 118 cm³/mol. The van der Waals surface area contributed by atoms with Crippen LogP contribution in [0.3, 0.4) is 0 Å². The van der Waals surface area contributed by atoms with Gasteiger partial charge in [-0.05, 0) is 42.3 Å². The maximum atomic E-state index is 13.2. The standard InChI is InChI=1S/C23H21N3O4S/c1-14-8-10-26(11-9-14)23(28)21-20(15-5-2-3-6-17(15)29-21)24-22(27)16-13-18(30-25-16)19-7-4-12-31-19/h2-7,12-14H,8-11H2,1H3,(H,24,27). The molecule has 4 aromatic rings. The van der Waals surface area contributed by atoms with Crippen molar-refractivity contribution < 1.29 is 18.5 Å². The highest BCUT2D eigenvalue weighted by molar-refractivity contribution is 7.13. The molecule has 7 nitrogen and oxygen atoms in total. The number of carbonyl (C=O) groups is 2. The largest absolute Gasteiger partial charge is 0.449 e. The Bertz CT molecular complexity index is 1230. The predicted octanol–water partition coefficient (Wildman–Crippen LogP) is 5.27. The molecular formula is C23H21N3O4S. The molecule has 158 valence electrons. The number of aromatic nitrogens is 1. The number of likely N-dealkylation sites (tertiary alicyclic amines) is 1. The minimum absolute atomic E-state index is 0.138. The van der Waals surface area contributed by atoms with Crippen LogP contribution in [0.1, 0.15) is 40.8 Å². The lowest BCUT2D eigenvalue weighted by atomic mass is 9.99. The van der Waals surface area contributed by atoms with E-state index >= 15 is 0 Å². The topological polar surface area (TPSA) is 88.6 Å². The first-order chi connectivity index (χ1) is 15.1. The monoisotopic (exact) mass is 435 g/mol. The molecule has 0 bridgehead atoms. The Morgan fingerprint density at radius 2 is 1.97 bits per heavy atom. The van der Waals surface area contributed by atoms with E-state index in [4.69, 9.17) is 8.94 Å². The molecule has 5 rings (SSSR count). The van der Waals surface area contributed by atoms with Crippen molar-refractivity contribution in [1.82, 2.24) is 10.1 Å². The second kappa shape index (κ2) is 8.03. The van der Waals surface area contributed by atoms with E-state index in [0.29, 0.717) is 41.4 Å². The lowest BCUT2D eigenvalue weighted by Gasteiger charge is -2.29. The Balaban J connectivity index is 1.45. The highest BCUT2D eigenvalue weighted by Gasteiger charge is 2.29. The molecule has 8 heteroatoms. The molecule has 0 spiro atoms. The van der Waals surface area contributed by atoms with Gasteiger partial charge in [-0.25, -0.2) is 0 Å². The zero-order valence-corrected chi connectivity index (χ0v) is 17.8. The summed E-state index contributed by atoms with van der Waals surface area (Å²) in [5, 5.41) is 9.33. The number of rotatable bonds is 4. The molecule has 0 unspecified atom stereocenters. The molecule has 0 saturated carbocycles. The molecule has 1 aromatic carbocycles. The number of fused-ring (bicyclic) bond motifs is 1. The number of para-hydroxylation sites is 1. The summed E-state index contributed by atoms with van der Waals surface area (Å²) in [6.45, 7) is 3.55. The van der Waals surface area contributed by atoms with Crippen LogP contribution >= 0.6 is 11.3 Å². The first-order valence-electron chi connectivity index (χ1n) is 10.2. The smallest absolute Gasteiger partial charge is 0.291 e. The zero-order valence-electron chi connectivity index (χ0n) is 17.0. The van der Waals surface area contributed by atoms with Crippen LogP contribution in [0.25, 0.3) is 21.6 Å². The van der Waals surface area contributed by atoms with Crippen LogP contribution < -0.4 is 5.32 Å². The average molecular weight is 436 g/mol. The summed E-state index contributed by atoms with van der Waals surface area (Å²) in [6.07, 6.45) is 1.91. The number of hydrogen-bond acceptors (Lipinski definition) is 6. The van der Waals surface area contributed by atoms with Crippen molar-refractivity contribution in [1.29, 1.82) is 0 Å². The molecule has 31 heavy (non-hydrogen) atoms. The van der Waals surface area contributed by atoms with Crippen molar-refractivity contribution in [2.75, 3.05) is 18.4 Å². The van der Waals surface area contributed by atoms with Gasteiger partial charge >= 0.3 is 0 Å². The molecule has 1 aliphatic rings. The Morgan fingerprint density at radius 1 is 1.16 bits per heavy atom. The number of nitrogens with zero attached hydrogens (tertiary/aromatic N) is 2. The number of piperidine rings is 1. The molecule has 2 amide bonds. The van der Waals surface area contributed by atoms with Crippen molar-refractivity contribution in [2.24, 2.45) is 5.92 Å². The van der Waals surface area contributed by atoms with Crippen LogP contribution in [0.2, 0.25) is 0 Å². The van der Waals surface area contributed by atoms with Crippen LogP contribution in [-0.2, 0) is 0 Å². The Kier molecular flexibility index (Phi) is 5.07. The van der Waals surface area contributed by atoms with Crippen molar-refractivity contribution >= 4 is 39.8 Å². The number of benzene rings is 1. The molecule has 1 aliphatic heterocycles. The van der Waals surface area contributed by atoms with Gasteiger partial charge in [-0.1, -0.05) is 30.3 Å². The highest BCUT2D eigenvalue weighted by atomic mass is 32.1. The van der Waals surface area contributed by atoms with E-state index in [1.165, 1.54) is 11.3 Å². The maximum Gasteiger partial charge on any atom is 0.291 e. The van der Waals surface area contributed by atoms with Gasteiger partial charge in [0, 0.05) is 24.5 Å². The van der Waals surface area contributed by atoms with Crippen LogP contribution in [0.4, 0.5) is 5.69 Å². The van der Waals surface area contributed by atoms with Gasteiger partial charge in [0.2, 0.25) is 5.76 Å². The fourth-order valence-electron chi connectivity index (χ4n) is 3.77. The van der Waals surface area contributed by atoms with Gasteiger partial charge < -0.3 is 19.2 Å². The quantitative estimate of drug-likeness (QED) is 0.471. The van der Waals surface area contributed by atoms with E-state index in [2.05, 4.69) is 17.4 Å². The second-order valence-electron chi connectivity index (χ2n) is 7.78. The van der Waals surface area contributed by atoms with E-state index in [9.17, 15) is 9.59 Å². The van der Waals surface area contributed by atoms with Crippen molar-refractivity contribution in [3.05, 3.63) is 59.3 Å². The summed E-state index contributed by atoms with van der Waals surface area (Å²) in [7, 11) is 0. The number of furan rings is 1. The van der Waals surface area contributed by atoms with E-state index in [0.717, 1.165) is 17.7 Å². The van der Waals surface area contributed by atoms with Gasteiger partial charge in [-0.2, -0.15) is 0 Å². The van der Waals surface area contributed by atoms with Crippen LogP contribution in [-0.4, -0.2) is 35.0 Å². The molecule has 3 aromatic heterocycles. The number of carbonyl (C=O) groups excluding carboxylic acids is 2. The summed E-state index contributed by atoms with van der Waals surface area (Å²) >= 11 is 1.50. The normalized spacial score (nSPS) is 14.8. The van der Waals surface area contributed by atoms with E-state index in [1.54, 1.807) is 17.0 Å². The Labute approximate surface area is 182 Å². The van der Waals surface area contributed by atoms with Crippen molar-refractivity contribution in [3.63, 3.8) is 0 Å². The number of hydrogen-bond donors (Lipinski definition) is 1. The molecule has 0 atom stereocenters. The maximum absolute atomic E-state index is 13.2. The number of thiophene rings is 1. The molecule has 4 heterocycles. The lowest BCUT2D eigenvalue weighted by molar-refractivity contribution is 0.0669. The van der Waals surface area contributed by atoms with Crippen LogP contribution in [0, 0.1) is 5.92 Å². The summed E-state index contributed by atoms with van der Waals surface area (Å²) in [5.74, 6) is 0.600. The van der Waals surface area contributed by atoms with Crippen LogP contribution in [0.15, 0.2) is 56.8 Å². The van der Waals surface area contributed by atoms with Gasteiger partial charge in [0.05, 0.1) is 4.88 Å². The third kappa shape index (κ3) is 3.74. The molecule has 1 saturated heterocycles. The highest BCUT2D eigenvalue weighted by Crippen LogP contribution is 2.33. The van der Waals surface area contributed by atoms with Gasteiger partial charge in [0.1, 0.15) is 11.3 Å². The first-order valence-corrected chi connectivity index (χ1v) is 11.1. The van der Waals surface area contributed by atoms with E-state index < -0.39 is 5.91 Å². The molecular weight excluding hydrogens is 414 g/mol. The fraction of sp³-hybridized carbons (Fsp3) is 0.261. The van der Waals surface area contributed by atoms with Crippen molar-refractivity contribution in [3.8, 4) is 10.6 Å². The first kappa shape index (κ1) is 19.6. The minimum atomic E-state index is -0.459. The van der Waals surface area contributed by atoms with Gasteiger partial charge in [0.25, 0.3) is 11.8 Å². The number of amides is 2. The molecule has 0 aliphatic carbocycles. The molecule has 0 radical (unpaired) electrons. The minimum Gasteiger partial charge on any atom is -0.449 e. The molecule has 1 fully saturated rings. The average Bonchev–Trinajstić information content (AvgIpc) is 3.53. The Hall–Kier alpha value is -3.39. The Morgan fingerprint density at radius 3 is 2.74 bits per heavy atom. The number of nitrogens with one attached hydrogen (secondary N) is 1. The number of anilines is 1. The van der Waals surface area contributed by atoms with Gasteiger partial charge in [-0.3, -0.25) is 9.59 Å². The van der Waals surface area contributed by atoms with Crippen LogP contribution in [0.5, 0.6) is 0 Å². The van der Waals surface area contributed by atoms with Gasteiger partial charge in [0.15, 0.2) is 11.5 Å². The zero-order chi connectivity index (χ0) is 21.4. The summed E-state index contributed by atoms with van der Waals surface area (Å²) < 4.78 is 11.2. The fourth-order valence-corrected chi connectivity index (χ4v) is 4.44. The van der Waals surface area contributed by atoms with E-state index in [1.807, 2.05) is 35.7 Å². The van der Waals surface area contributed by atoms with E-state index in [-0.39, 0.29) is 17.4 Å². The summed E-state index contributed by atoms with van der Waals surface area (Å²) in [5.41, 5.74) is 1.05. The molecule has 1 N–H and O–H groups in total.